The molecule has 0 amide bonds. The molecular weight excluding hydrogens is 242 g/mol. The normalized spacial score (nSPS) is 13.3. The van der Waals surface area contributed by atoms with Gasteiger partial charge in [-0.15, -0.1) is 0 Å². The molecule has 0 atom stereocenters. The summed E-state index contributed by atoms with van der Waals surface area (Å²) in [7, 11) is 0. The molecule has 0 saturated carbocycles. The third kappa shape index (κ3) is 2.61. The van der Waals surface area contributed by atoms with Gasteiger partial charge in [0.25, 0.3) is 5.89 Å². The second-order valence-corrected chi connectivity index (χ2v) is 4.51. The zero-order valence-electron chi connectivity index (χ0n) is 11.0. The Morgan fingerprint density at radius 3 is 3.26 bits per heavy atom. The fourth-order valence-corrected chi connectivity index (χ4v) is 2.22. The Balaban J connectivity index is 1.75. The molecule has 0 saturated heterocycles. The van der Waals surface area contributed by atoms with Gasteiger partial charge in [-0.3, -0.25) is 0 Å². The van der Waals surface area contributed by atoms with Crippen molar-refractivity contribution in [2.75, 3.05) is 25.1 Å². The van der Waals surface area contributed by atoms with Crippen molar-refractivity contribution in [2.45, 2.75) is 19.8 Å². The van der Waals surface area contributed by atoms with Gasteiger partial charge in [0.2, 0.25) is 0 Å². The van der Waals surface area contributed by atoms with E-state index >= 15 is 0 Å². The van der Waals surface area contributed by atoms with Crippen molar-refractivity contribution in [3.05, 3.63) is 29.6 Å². The van der Waals surface area contributed by atoms with Gasteiger partial charge in [0.1, 0.15) is 0 Å². The SMILES string of the molecule is CCOCCc1noc(-c2ccc3c(c2)CCN3)n1. The molecule has 0 fully saturated rings. The molecule has 3 rings (SSSR count). The van der Waals surface area contributed by atoms with Crippen LogP contribution < -0.4 is 5.32 Å². The van der Waals surface area contributed by atoms with Crippen LogP contribution in [-0.2, 0) is 17.6 Å². The van der Waals surface area contributed by atoms with E-state index in [0.717, 1.165) is 18.5 Å². The quantitative estimate of drug-likeness (QED) is 0.835. The highest BCUT2D eigenvalue weighted by molar-refractivity contribution is 5.64. The summed E-state index contributed by atoms with van der Waals surface area (Å²) in [5.74, 6) is 1.28. The molecule has 1 aromatic carbocycles. The molecule has 2 heterocycles. The van der Waals surface area contributed by atoms with Crippen LogP contribution in [0.3, 0.4) is 0 Å². The minimum atomic E-state index is 0.584. The molecule has 19 heavy (non-hydrogen) atoms. The average Bonchev–Trinajstić information content (AvgIpc) is 3.06. The molecule has 0 aliphatic carbocycles. The maximum absolute atomic E-state index is 5.30. The van der Waals surface area contributed by atoms with E-state index in [1.807, 2.05) is 13.0 Å². The van der Waals surface area contributed by atoms with E-state index in [1.165, 1.54) is 11.3 Å². The molecule has 0 radical (unpaired) electrons. The van der Waals surface area contributed by atoms with E-state index in [1.54, 1.807) is 0 Å². The van der Waals surface area contributed by atoms with Crippen LogP contribution in [0.1, 0.15) is 18.3 Å². The molecule has 0 spiro atoms. The van der Waals surface area contributed by atoms with Gasteiger partial charge in [-0.1, -0.05) is 5.16 Å². The molecule has 0 unspecified atom stereocenters. The van der Waals surface area contributed by atoms with Crippen LogP contribution in [0.5, 0.6) is 0 Å². The average molecular weight is 259 g/mol. The highest BCUT2D eigenvalue weighted by Gasteiger charge is 2.14. The predicted octanol–water partition coefficient (Wildman–Crippen LogP) is 2.28. The van der Waals surface area contributed by atoms with E-state index in [4.69, 9.17) is 9.26 Å². The number of rotatable bonds is 5. The Labute approximate surface area is 112 Å². The van der Waals surface area contributed by atoms with Crippen molar-refractivity contribution in [2.24, 2.45) is 0 Å². The molecule has 0 bridgehead atoms. The zero-order chi connectivity index (χ0) is 13.1. The topological polar surface area (TPSA) is 60.2 Å². The Bertz CT molecular complexity index is 566. The lowest BCUT2D eigenvalue weighted by molar-refractivity contribution is 0.149. The number of hydrogen-bond acceptors (Lipinski definition) is 5. The van der Waals surface area contributed by atoms with Crippen molar-refractivity contribution in [1.29, 1.82) is 0 Å². The van der Waals surface area contributed by atoms with Gasteiger partial charge in [0.05, 0.1) is 6.61 Å². The number of nitrogens with zero attached hydrogens (tertiary/aromatic N) is 2. The van der Waals surface area contributed by atoms with Gasteiger partial charge in [0.15, 0.2) is 5.82 Å². The molecule has 100 valence electrons. The van der Waals surface area contributed by atoms with E-state index < -0.39 is 0 Å². The summed E-state index contributed by atoms with van der Waals surface area (Å²) in [5, 5.41) is 7.31. The lowest BCUT2D eigenvalue weighted by Gasteiger charge is -2.00. The molecule has 5 nitrogen and oxygen atoms in total. The van der Waals surface area contributed by atoms with Crippen molar-refractivity contribution < 1.29 is 9.26 Å². The lowest BCUT2D eigenvalue weighted by atomic mass is 10.1. The molecule has 1 aliphatic heterocycles. The monoisotopic (exact) mass is 259 g/mol. The molecule has 1 N–H and O–H groups in total. The lowest BCUT2D eigenvalue weighted by Crippen LogP contribution is -1.99. The minimum Gasteiger partial charge on any atom is -0.384 e. The number of ether oxygens (including phenoxy) is 1. The zero-order valence-corrected chi connectivity index (χ0v) is 11.0. The second-order valence-electron chi connectivity index (χ2n) is 4.51. The van der Waals surface area contributed by atoms with E-state index in [9.17, 15) is 0 Å². The molecular formula is C14H17N3O2. The summed E-state index contributed by atoms with van der Waals surface area (Å²) in [5.41, 5.74) is 3.50. The molecule has 1 aromatic heterocycles. The van der Waals surface area contributed by atoms with Crippen LogP contribution in [-0.4, -0.2) is 29.9 Å². The first-order valence-electron chi connectivity index (χ1n) is 6.64. The molecule has 1 aliphatic rings. The van der Waals surface area contributed by atoms with Gasteiger partial charge in [0, 0.05) is 30.8 Å². The summed E-state index contributed by atoms with van der Waals surface area (Å²) in [4.78, 5) is 4.40. The van der Waals surface area contributed by atoms with Gasteiger partial charge < -0.3 is 14.6 Å². The maximum atomic E-state index is 5.30. The number of aromatic nitrogens is 2. The van der Waals surface area contributed by atoms with Crippen LogP contribution in [0, 0.1) is 0 Å². The first-order chi connectivity index (χ1) is 9.36. The van der Waals surface area contributed by atoms with Crippen LogP contribution in [0.4, 0.5) is 5.69 Å². The van der Waals surface area contributed by atoms with Crippen molar-refractivity contribution in [1.82, 2.24) is 10.1 Å². The van der Waals surface area contributed by atoms with Gasteiger partial charge in [-0.2, -0.15) is 4.98 Å². The number of nitrogens with one attached hydrogen (secondary N) is 1. The second kappa shape index (κ2) is 5.40. The summed E-state index contributed by atoms with van der Waals surface area (Å²) in [6.07, 6.45) is 1.73. The number of fused-ring (bicyclic) bond motifs is 1. The first-order valence-corrected chi connectivity index (χ1v) is 6.64. The smallest absolute Gasteiger partial charge is 0.257 e. The summed E-state index contributed by atoms with van der Waals surface area (Å²) in [6.45, 7) is 4.31. The Morgan fingerprint density at radius 1 is 1.42 bits per heavy atom. The third-order valence-corrected chi connectivity index (χ3v) is 3.20. The van der Waals surface area contributed by atoms with Crippen molar-refractivity contribution >= 4 is 5.69 Å². The number of benzene rings is 1. The Kier molecular flexibility index (Phi) is 3.46. The van der Waals surface area contributed by atoms with E-state index in [-0.39, 0.29) is 0 Å². The highest BCUT2D eigenvalue weighted by atomic mass is 16.5. The van der Waals surface area contributed by atoms with E-state index in [2.05, 4.69) is 27.6 Å². The van der Waals surface area contributed by atoms with Crippen LogP contribution in [0.2, 0.25) is 0 Å². The fourth-order valence-electron chi connectivity index (χ4n) is 2.22. The highest BCUT2D eigenvalue weighted by Crippen LogP contribution is 2.27. The standard InChI is InChI=1S/C14H17N3O2/c1-2-18-8-6-13-16-14(19-17-13)11-3-4-12-10(9-11)5-7-15-12/h3-4,9,15H,2,5-8H2,1H3. The van der Waals surface area contributed by atoms with Crippen molar-refractivity contribution in [3.63, 3.8) is 0 Å². The Hall–Kier alpha value is -1.88. The van der Waals surface area contributed by atoms with Crippen LogP contribution in [0.15, 0.2) is 22.7 Å². The van der Waals surface area contributed by atoms with Gasteiger partial charge >= 0.3 is 0 Å². The first kappa shape index (κ1) is 12.2. The third-order valence-electron chi connectivity index (χ3n) is 3.20. The van der Waals surface area contributed by atoms with E-state index in [0.29, 0.717) is 31.3 Å². The van der Waals surface area contributed by atoms with Gasteiger partial charge in [-0.05, 0) is 37.1 Å². The maximum Gasteiger partial charge on any atom is 0.257 e. The minimum absolute atomic E-state index is 0.584. The number of hydrogen-bond donors (Lipinski definition) is 1. The largest absolute Gasteiger partial charge is 0.384 e. The van der Waals surface area contributed by atoms with Crippen LogP contribution >= 0.6 is 0 Å². The number of anilines is 1. The van der Waals surface area contributed by atoms with Crippen molar-refractivity contribution in [3.8, 4) is 11.5 Å². The molecule has 5 heteroatoms. The molecule has 2 aromatic rings. The van der Waals surface area contributed by atoms with Gasteiger partial charge in [-0.25, -0.2) is 0 Å². The summed E-state index contributed by atoms with van der Waals surface area (Å²) >= 11 is 0. The Morgan fingerprint density at radius 2 is 2.37 bits per heavy atom. The predicted molar refractivity (Wildman–Crippen MR) is 72.1 cm³/mol. The summed E-state index contributed by atoms with van der Waals surface area (Å²) in [6, 6.07) is 6.20. The van der Waals surface area contributed by atoms with Crippen LogP contribution in [0.25, 0.3) is 11.5 Å². The fraction of sp³-hybridized carbons (Fsp3) is 0.429. The summed E-state index contributed by atoms with van der Waals surface area (Å²) < 4.78 is 10.6.